The number of nitrogens with zero attached hydrogens (tertiary/aromatic N) is 2. The number of aromatic nitrogens is 1. The third kappa shape index (κ3) is 6.44. The molecule has 1 aliphatic heterocycles. The summed E-state index contributed by atoms with van der Waals surface area (Å²) in [6, 6.07) is 6.66. The van der Waals surface area contributed by atoms with Gasteiger partial charge in [-0.2, -0.15) is 0 Å². The van der Waals surface area contributed by atoms with Gasteiger partial charge in [0.15, 0.2) is 17.5 Å². The van der Waals surface area contributed by atoms with Crippen molar-refractivity contribution in [2.45, 2.75) is 36.8 Å². The van der Waals surface area contributed by atoms with Crippen molar-refractivity contribution in [1.29, 1.82) is 0 Å². The van der Waals surface area contributed by atoms with Gasteiger partial charge in [-0.05, 0) is 69.1 Å². The topological polar surface area (TPSA) is 74.7 Å². The molecule has 1 fully saturated rings. The standard InChI is InChI=1S/C27H28F5N3O3S/c1-38-16-2-3-23-18(12-16)24(22(31)15-33-23)19(28)4-5-27(26(36)34-37)6-8-35(9-7-27)10-11-39-17-13-20(29)25(32)21(30)14-17/h2-3,12-15,19,37H,4-11H2,1H3,(H,34,36)/t19-/m1/s1. The fraction of sp³-hybridized carbons (Fsp3) is 0.407. The molecule has 3 aromatic rings. The molecular weight excluding hydrogens is 541 g/mol. The summed E-state index contributed by atoms with van der Waals surface area (Å²) in [4.78, 5) is 19.0. The van der Waals surface area contributed by atoms with E-state index in [2.05, 4.69) is 4.98 Å². The molecule has 0 radical (unpaired) electrons. The highest BCUT2D eigenvalue weighted by Gasteiger charge is 2.41. The lowest BCUT2D eigenvalue weighted by Gasteiger charge is -2.40. The SMILES string of the molecule is COc1ccc2ncc(F)c([C@H](F)CCC3(C(=O)NO)CCN(CCSc4cc(F)c(F)c(F)c4)CC3)c2c1. The normalized spacial score (nSPS) is 16.3. The fourth-order valence-corrected chi connectivity index (χ4v) is 5.94. The van der Waals surface area contributed by atoms with Gasteiger partial charge in [-0.15, -0.1) is 11.8 Å². The number of thioether (sulfide) groups is 1. The number of amides is 1. The van der Waals surface area contributed by atoms with Crippen LogP contribution in [-0.2, 0) is 4.79 Å². The molecule has 39 heavy (non-hydrogen) atoms. The number of ether oxygens (including phenoxy) is 1. The van der Waals surface area contributed by atoms with Crippen LogP contribution in [0.1, 0.15) is 37.4 Å². The fourth-order valence-electron chi connectivity index (χ4n) is 4.98. The van der Waals surface area contributed by atoms with E-state index in [9.17, 15) is 27.6 Å². The number of halogens is 5. The molecule has 2 aromatic carbocycles. The predicted octanol–water partition coefficient (Wildman–Crippen LogP) is 5.97. The average Bonchev–Trinajstić information content (AvgIpc) is 2.94. The Morgan fingerprint density at radius 2 is 1.85 bits per heavy atom. The van der Waals surface area contributed by atoms with E-state index in [0.29, 0.717) is 49.5 Å². The van der Waals surface area contributed by atoms with Gasteiger partial charge in [0.2, 0.25) is 5.91 Å². The van der Waals surface area contributed by atoms with Crippen molar-refractivity contribution in [3.8, 4) is 5.75 Å². The minimum Gasteiger partial charge on any atom is -0.497 e. The van der Waals surface area contributed by atoms with Gasteiger partial charge >= 0.3 is 0 Å². The molecule has 1 atom stereocenters. The number of pyridine rings is 1. The van der Waals surface area contributed by atoms with Gasteiger partial charge in [-0.3, -0.25) is 15.0 Å². The van der Waals surface area contributed by atoms with Crippen molar-refractivity contribution >= 4 is 28.6 Å². The number of hydroxylamine groups is 1. The number of hydrogen-bond donors (Lipinski definition) is 2. The minimum atomic E-state index is -1.73. The van der Waals surface area contributed by atoms with Crippen LogP contribution < -0.4 is 10.2 Å². The second kappa shape index (κ2) is 12.5. The summed E-state index contributed by atoms with van der Waals surface area (Å²) >= 11 is 1.17. The first-order valence-corrected chi connectivity index (χ1v) is 13.4. The Labute approximate surface area is 226 Å². The van der Waals surface area contributed by atoms with Gasteiger partial charge < -0.3 is 9.64 Å². The first kappa shape index (κ1) is 29.0. The van der Waals surface area contributed by atoms with Crippen LogP contribution in [-0.4, -0.2) is 53.5 Å². The molecule has 0 unspecified atom stereocenters. The maximum Gasteiger partial charge on any atom is 0.249 e. The molecule has 2 heterocycles. The van der Waals surface area contributed by atoms with Crippen LogP contribution in [0.3, 0.4) is 0 Å². The molecule has 0 bridgehead atoms. The highest BCUT2D eigenvalue weighted by molar-refractivity contribution is 7.99. The summed E-state index contributed by atoms with van der Waals surface area (Å²) in [6.45, 7) is 1.45. The Kier molecular flexibility index (Phi) is 9.29. The van der Waals surface area contributed by atoms with Crippen LogP contribution in [0.5, 0.6) is 5.75 Å². The van der Waals surface area contributed by atoms with Crippen LogP contribution in [0.15, 0.2) is 41.4 Å². The Bertz CT molecular complexity index is 1310. The second-order valence-corrected chi connectivity index (χ2v) is 10.7. The van der Waals surface area contributed by atoms with Crippen molar-refractivity contribution in [1.82, 2.24) is 15.4 Å². The summed E-state index contributed by atoms with van der Waals surface area (Å²) in [7, 11) is 1.45. The molecule has 1 saturated heterocycles. The highest BCUT2D eigenvalue weighted by atomic mass is 32.2. The summed E-state index contributed by atoms with van der Waals surface area (Å²) in [6.07, 6.45) is -0.189. The molecule has 0 aliphatic carbocycles. The third-order valence-corrected chi connectivity index (χ3v) is 8.24. The summed E-state index contributed by atoms with van der Waals surface area (Å²) in [5.41, 5.74) is 0.911. The van der Waals surface area contributed by atoms with Gasteiger partial charge in [0.1, 0.15) is 17.7 Å². The second-order valence-electron chi connectivity index (χ2n) is 9.52. The van der Waals surface area contributed by atoms with Gasteiger partial charge in [0.25, 0.3) is 0 Å². The van der Waals surface area contributed by atoms with Gasteiger partial charge in [0.05, 0.1) is 24.2 Å². The largest absolute Gasteiger partial charge is 0.497 e. The molecular formula is C27H28F5N3O3S. The van der Waals surface area contributed by atoms with Crippen molar-refractivity contribution in [3.05, 3.63) is 65.4 Å². The van der Waals surface area contributed by atoms with E-state index < -0.39 is 40.8 Å². The first-order valence-electron chi connectivity index (χ1n) is 12.4. The Morgan fingerprint density at radius 3 is 2.49 bits per heavy atom. The number of rotatable bonds is 10. The van der Waals surface area contributed by atoms with E-state index in [0.717, 1.165) is 18.3 Å². The molecule has 6 nitrogen and oxygen atoms in total. The van der Waals surface area contributed by atoms with Crippen molar-refractivity contribution in [2.24, 2.45) is 5.41 Å². The zero-order chi connectivity index (χ0) is 28.2. The highest BCUT2D eigenvalue weighted by Crippen LogP contribution is 2.41. The third-order valence-electron chi connectivity index (χ3n) is 7.29. The van der Waals surface area contributed by atoms with Crippen LogP contribution in [0.2, 0.25) is 0 Å². The van der Waals surface area contributed by atoms with E-state index in [1.165, 1.54) is 24.9 Å². The number of fused-ring (bicyclic) bond motifs is 1. The monoisotopic (exact) mass is 569 g/mol. The van der Waals surface area contributed by atoms with Gasteiger partial charge in [-0.25, -0.2) is 27.4 Å². The average molecular weight is 570 g/mol. The number of methoxy groups -OCH3 is 1. The number of likely N-dealkylation sites (tertiary alicyclic amines) is 1. The maximum atomic E-state index is 15.5. The summed E-state index contributed by atoms with van der Waals surface area (Å²) in [5, 5.41) is 9.68. The molecule has 2 N–H and O–H groups in total. The first-order chi connectivity index (χ1) is 18.7. The molecule has 1 aromatic heterocycles. The van der Waals surface area contributed by atoms with Gasteiger partial charge in [0, 0.05) is 28.1 Å². The molecule has 1 amide bonds. The zero-order valence-electron chi connectivity index (χ0n) is 21.2. The van der Waals surface area contributed by atoms with Crippen LogP contribution in [0, 0.1) is 28.7 Å². The Hall–Kier alpha value is -2.96. The van der Waals surface area contributed by atoms with Crippen LogP contribution in [0.25, 0.3) is 10.9 Å². The van der Waals surface area contributed by atoms with Crippen molar-refractivity contribution < 1.29 is 36.7 Å². The predicted molar refractivity (Wildman–Crippen MR) is 136 cm³/mol. The molecule has 0 saturated carbocycles. The molecule has 12 heteroatoms. The quantitative estimate of drug-likeness (QED) is 0.103. The van der Waals surface area contributed by atoms with E-state index in [-0.39, 0.29) is 28.7 Å². The number of nitrogens with one attached hydrogen (secondary N) is 1. The van der Waals surface area contributed by atoms with Crippen molar-refractivity contribution in [2.75, 3.05) is 32.5 Å². The van der Waals surface area contributed by atoms with E-state index in [4.69, 9.17) is 4.74 Å². The lowest BCUT2D eigenvalue weighted by atomic mass is 9.73. The lowest BCUT2D eigenvalue weighted by molar-refractivity contribution is -0.143. The summed E-state index contributed by atoms with van der Waals surface area (Å²) < 4.78 is 75.5. The van der Waals surface area contributed by atoms with Crippen molar-refractivity contribution in [3.63, 3.8) is 0 Å². The smallest absolute Gasteiger partial charge is 0.249 e. The lowest BCUT2D eigenvalue weighted by Crippen LogP contribution is -2.48. The molecule has 1 aliphatic rings. The number of carbonyl (C=O) groups excluding carboxylic acids is 1. The number of carbonyl (C=O) groups is 1. The minimum absolute atomic E-state index is 0.0739. The van der Waals surface area contributed by atoms with E-state index in [1.807, 2.05) is 4.90 Å². The number of piperidine rings is 1. The Balaban J connectivity index is 1.39. The Morgan fingerprint density at radius 1 is 1.15 bits per heavy atom. The number of hydrogen-bond acceptors (Lipinski definition) is 6. The van der Waals surface area contributed by atoms with Crippen LogP contribution in [0.4, 0.5) is 22.0 Å². The molecule has 210 valence electrons. The van der Waals surface area contributed by atoms with Gasteiger partial charge in [-0.1, -0.05) is 0 Å². The number of alkyl halides is 1. The van der Waals surface area contributed by atoms with E-state index in [1.54, 1.807) is 17.6 Å². The summed E-state index contributed by atoms with van der Waals surface area (Å²) in [5.74, 6) is -4.53. The zero-order valence-corrected chi connectivity index (χ0v) is 22.0. The van der Waals surface area contributed by atoms with Crippen LogP contribution >= 0.6 is 11.8 Å². The molecule has 4 rings (SSSR count). The molecule has 0 spiro atoms. The van der Waals surface area contributed by atoms with E-state index >= 15 is 4.39 Å². The maximum absolute atomic E-state index is 15.5. The number of benzene rings is 2.